The van der Waals surface area contributed by atoms with E-state index in [0.29, 0.717) is 23.8 Å². The molecule has 7 heteroatoms. The molecular weight excluding hydrogens is 286 g/mol. The van der Waals surface area contributed by atoms with Crippen LogP contribution in [0, 0.1) is 5.82 Å². The maximum Gasteiger partial charge on any atom is 0.435 e. The van der Waals surface area contributed by atoms with Gasteiger partial charge in [-0.1, -0.05) is 0 Å². The number of nitrogens with zero attached hydrogens (tertiary/aromatic N) is 2. The summed E-state index contributed by atoms with van der Waals surface area (Å²) in [4.78, 5) is 0. The molecule has 2 aromatic rings. The van der Waals surface area contributed by atoms with Crippen molar-refractivity contribution >= 4 is 0 Å². The Morgan fingerprint density at radius 1 is 1.24 bits per heavy atom. The van der Waals surface area contributed by atoms with Gasteiger partial charge in [-0.15, -0.1) is 0 Å². The highest BCUT2D eigenvalue weighted by Gasteiger charge is 2.33. The molecule has 112 valence electrons. The molecule has 0 aliphatic heterocycles. The number of rotatable bonds is 4. The van der Waals surface area contributed by atoms with Gasteiger partial charge in [0.25, 0.3) is 0 Å². The molecule has 1 aliphatic rings. The lowest BCUT2D eigenvalue weighted by Gasteiger charge is -2.11. The fraction of sp³-hybridized carbons (Fsp3) is 0.357. The van der Waals surface area contributed by atoms with Crippen LogP contribution in [0.4, 0.5) is 17.6 Å². The maximum atomic E-state index is 13.4. The first kappa shape index (κ1) is 14.1. The molecule has 3 nitrogen and oxygen atoms in total. The molecule has 0 bridgehead atoms. The van der Waals surface area contributed by atoms with E-state index in [1.807, 2.05) is 0 Å². The number of alkyl halides is 3. The highest BCUT2D eigenvalue weighted by Crippen LogP contribution is 2.28. The Balaban J connectivity index is 1.90. The minimum absolute atomic E-state index is 0.402. The Kier molecular flexibility index (Phi) is 3.44. The first-order chi connectivity index (χ1) is 9.93. The zero-order valence-electron chi connectivity index (χ0n) is 11.0. The standard InChI is InChI=1S/C14H13F4N3/c15-10-1-4-12(9(7-10)8-19-11-2-3-11)21-6-5-13(20-21)14(16,17)18/h1,4-7,11,19H,2-3,8H2. The van der Waals surface area contributed by atoms with Gasteiger partial charge in [0.15, 0.2) is 5.69 Å². The SMILES string of the molecule is Fc1ccc(-n2ccc(C(F)(F)F)n2)c(CNC2CC2)c1. The van der Waals surface area contributed by atoms with Crippen LogP contribution in [0.2, 0.25) is 0 Å². The summed E-state index contributed by atoms with van der Waals surface area (Å²) in [5, 5.41) is 6.74. The van der Waals surface area contributed by atoms with Crippen LogP contribution in [0.25, 0.3) is 5.69 Å². The quantitative estimate of drug-likeness (QED) is 0.878. The average molecular weight is 299 g/mol. The molecule has 0 spiro atoms. The fourth-order valence-corrected chi connectivity index (χ4v) is 2.07. The van der Waals surface area contributed by atoms with Crippen molar-refractivity contribution < 1.29 is 17.6 Å². The zero-order valence-corrected chi connectivity index (χ0v) is 11.0. The monoisotopic (exact) mass is 299 g/mol. The average Bonchev–Trinajstić information content (AvgIpc) is 3.10. The van der Waals surface area contributed by atoms with Crippen molar-refractivity contribution in [3.8, 4) is 5.69 Å². The van der Waals surface area contributed by atoms with Crippen LogP contribution >= 0.6 is 0 Å². The molecule has 21 heavy (non-hydrogen) atoms. The number of hydrogen-bond acceptors (Lipinski definition) is 2. The Morgan fingerprint density at radius 3 is 2.62 bits per heavy atom. The molecule has 0 unspecified atom stereocenters. The van der Waals surface area contributed by atoms with Gasteiger partial charge in [0.2, 0.25) is 0 Å². The maximum absolute atomic E-state index is 13.4. The van der Waals surface area contributed by atoms with Crippen LogP contribution in [0.1, 0.15) is 24.1 Å². The highest BCUT2D eigenvalue weighted by molar-refractivity contribution is 5.41. The van der Waals surface area contributed by atoms with Gasteiger partial charge in [-0.05, 0) is 42.7 Å². The van der Waals surface area contributed by atoms with Crippen molar-refractivity contribution in [3.05, 3.63) is 47.5 Å². The van der Waals surface area contributed by atoms with E-state index in [-0.39, 0.29) is 0 Å². The van der Waals surface area contributed by atoms with Gasteiger partial charge in [0, 0.05) is 18.8 Å². The molecule has 1 saturated carbocycles. The van der Waals surface area contributed by atoms with E-state index in [1.54, 1.807) is 0 Å². The van der Waals surface area contributed by atoms with Crippen molar-refractivity contribution in [2.75, 3.05) is 0 Å². The summed E-state index contributed by atoms with van der Waals surface area (Å²) < 4.78 is 52.3. The molecule has 0 amide bonds. The summed E-state index contributed by atoms with van der Waals surface area (Å²) in [6.07, 6.45) is -1.11. The lowest BCUT2D eigenvalue weighted by Crippen LogP contribution is -2.17. The lowest BCUT2D eigenvalue weighted by atomic mass is 10.1. The molecular formula is C14H13F4N3. The fourth-order valence-electron chi connectivity index (χ4n) is 2.07. The third kappa shape index (κ3) is 3.24. The van der Waals surface area contributed by atoms with Gasteiger partial charge in [0.05, 0.1) is 5.69 Å². The number of aromatic nitrogens is 2. The van der Waals surface area contributed by atoms with Crippen LogP contribution in [-0.4, -0.2) is 15.8 Å². The van der Waals surface area contributed by atoms with Crippen molar-refractivity contribution in [3.63, 3.8) is 0 Å². The van der Waals surface area contributed by atoms with Crippen LogP contribution in [0.3, 0.4) is 0 Å². The number of halogens is 4. The van der Waals surface area contributed by atoms with Crippen LogP contribution in [-0.2, 0) is 12.7 Å². The topological polar surface area (TPSA) is 29.9 Å². The third-order valence-electron chi connectivity index (χ3n) is 3.33. The highest BCUT2D eigenvalue weighted by atomic mass is 19.4. The number of hydrogen-bond donors (Lipinski definition) is 1. The minimum Gasteiger partial charge on any atom is -0.310 e. The van der Waals surface area contributed by atoms with Gasteiger partial charge >= 0.3 is 6.18 Å². The Hall–Kier alpha value is -1.89. The van der Waals surface area contributed by atoms with E-state index >= 15 is 0 Å². The van der Waals surface area contributed by atoms with E-state index in [4.69, 9.17) is 0 Å². The predicted octanol–water partition coefficient (Wildman–Crippen LogP) is 3.28. The summed E-state index contributed by atoms with van der Waals surface area (Å²) >= 11 is 0. The molecule has 1 heterocycles. The summed E-state index contributed by atoms with van der Waals surface area (Å²) in [5.74, 6) is -0.422. The Bertz CT molecular complexity index is 644. The molecule has 1 aliphatic carbocycles. The van der Waals surface area contributed by atoms with Gasteiger partial charge in [-0.25, -0.2) is 9.07 Å². The lowest BCUT2D eigenvalue weighted by molar-refractivity contribution is -0.141. The van der Waals surface area contributed by atoms with Crippen LogP contribution in [0.15, 0.2) is 30.5 Å². The smallest absolute Gasteiger partial charge is 0.310 e. The normalized spacial score (nSPS) is 15.4. The van der Waals surface area contributed by atoms with E-state index in [1.165, 1.54) is 24.4 Å². The van der Waals surface area contributed by atoms with E-state index in [9.17, 15) is 17.6 Å². The Labute approximate surface area is 118 Å². The molecule has 0 radical (unpaired) electrons. The molecule has 3 rings (SSSR count). The Morgan fingerprint density at radius 2 is 2.00 bits per heavy atom. The predicted molar refractivity (Wildman–Crippen MR) is 68.4 cm³/mol. The molecule has 1 N–H and O–H groups in total. The van der Waals surface area contributed by atoms with Crippen molar-refractivity contribution in [1.82, 2.24) is 15.1 Å². The minimum atomic E-state index is -4.49. The van der Waals surface area contributed by atoms with Gasteiger partial charge in [-0.3, -0.25) is 0 Å². The van der Waals surface area contributed by atoms with E-state index in [0.717, 1.165) is 23.6 Å². The second kappa shape index (κ2) is 5.14. The zero-order chi connectivity index (χ0) is 15.0. The summed E-state index contributed by atoms with van der Waals surface area (Å²) in [6, 6.07) is 5.29. The van der Waals surface area contributed by atoms with E-state index in [2.05, 4.69) is 10.4 Å². The molecule has 0 saturated heterocycles. The van der Waals surface area contributed by atoms with Crippen LogP contribution < -0.4 is 5.32 Å². The summed E-state index contributed by atoms with van der Waals surface area (Å²) in [6.45, 7) is 0.402. The largest absolute Gasteiger partial charge is 0.435 e. The molecule has 0 atom stereocenters. The second-order valence-corrected chi connectivity index (χ2v) is 5.07. The first-order valence-corrected chi connectivity index (χ1v) is 6.58. The second-order valence-electron chi connectivity index (χ2n) is 5.07. The summed E-state index contributed by atoms with van der Waals surface area (Å²) in [7, 11) is 0. The van der Waals surface area contributed by atoms with Gasteiger partial charge < -0.3 is 5.32 Å². The number of benzene rings is 1. The first-order valence-electron chi connectivity index (χ1n) is 6.58. The van der Waals surface area contributed by atoms with Gasteiger partial charge in [0.1, 0.15) is 5.82 Å². The molecule has 1 aromatic heterocycles. The van der Waals surface area contributed by atoms with Crippen molar-refractivity contribution in [2.45, 2.75) is 31.6 Å². The molecule has 1 aromatic carbocycles. The number of nitrogens with one attached hydrogen (secondary N) is 1. The van der Waals surface area contributed by atoms with Gasteiger partial charge in [-0.2, -0.15) is 18.3 Å². The van der Waals surface area contributed by atoms with Crippen LogP contribution in [0.5, 0.6) is 0 Å². The van der Waals surface area contributed by atoms with Crippen molar-refractivity contribution in [2.24, 2.45) is 0 Å². The third-order valence-corrected chi connectivity index (χ3v) is 3.33. The van der Waals surface area contributed by atoms with Crippen molar-refractivity contribution in [1.29, 1.82) is 0 Å². The summed E-state index contributed by atoms with van der Waals surface area (Å²) in [5.41, 5.74) is 0.0618. The van der Waals surface area contributed by atoms with E-state index < -0.39 is 17.7 Å². The molecule has 1 fully saturated rings.